The third kappa shape index (κ3) is 17.0. The number of benzene rings is 2. The van der Waals surface area contributed by atoms with Crippen molar-refractivity contribution >= 4 is 47.0 Å². The number of amides is 2. The molecule has 1 fully saturated rings. The summed E-state index contributed by atoms with van der Waals surface area (Å²) in [6.07, 6.45) is -11.7. The van der Waals surface area contributed by atoms with Gasteiger partial charge in [-0.2, -0.15) is 0 Å². The minimum Gasteiger partial charge on any atom is -0.480 e. The number of nitrogens with zero attached hydrogens (tertiary/aromatic N) is 6. The second kappa shape index (κ2) is 28.0. The molecule has 2 amide bonds. The molecule has 4 rings (SSSR count). The van der Waals surface area contributed by atoms with E-state index in [1.165, 1.54) is 9.80 Å². The lowest BCUT2D eigenvalue weighted by Gasteiger charge is -2.40. The number of aliphatic imine (C=N–C) groups is 1. The second-order valence-electron chi connectivity index (χ2n) is 17.2. The van der Waals surface area contributed by atoms with E-state index in [2.05, 4.69) is 20.3 Å². The van der Waals surface area contributed by atoms with Crippen LogP contribution in [0.15, 0.2) is 53.5 Å². The zero-order valence-electron chi connectivity index (χ0n) is 38.6. The van der Waals surface area contributed by atoms with Crippen LogP contribution >= 0.6 is 11.6 Å². The highest BCUT2D eigenvalue weighted by atomic mass is 35.5. The largest absolute Gasteiger partial charge is 0.480 e. The van der Waals surface area contributed by atoms with Crippen LogP contribution < -0.4 is 22.5 Å². The lowest BCUT2D eigenvalue weighted by atomic mass is 9.99. The first-order valence-electron chi connectivity index (χ1n) is 22.8. The molecule has 1 aromatic heterocycles. The van der Waals surface area contributed by atoms with Gasteiger partial charge in [-0.1, -0.05) is 60.1 Å². The van der Waals surface area contributed by atoms with Gasteiger partial charge in [0.2, 0.25) is 5.91 Å². The number of aromatic nitrogens is 2. The molecule has 70 heavy (non-hydrogen) atoms. The zero-order chi connectivity index (χ0) is 51.7. The Balaban J connectivity index is 1.23. The molecule has 24 nitrogen and oxygen atoms in total. The first kappa shape index (κ1) is 57.4. The van der Waals surface area contributed by atoms with Crippen molar-refractivity contribution in [3.63, 3.8) is 0 Å². The van der Waals surface area contributed by atoms with Crippen LogP contribution in [0.4, 0.5) is 11.6 Å². The van der Waals surface area contributed by atoms with Gasteiger partial charge in [-0.05, 0) is 67.4 Å². The number of carboxylic acid groups (broad SMARTS) is 1. The minimum atomic E-state index is -1.93. The van der Waals surface area contributed by atoms with Crippen molar-refractivity contribution in [2.75, 3.05) is 77.0 Å². The van der Waals surface area contributed by atoms with Gasteiger partial charge in [0.25, 0.3) is 5.91 Å². The maximum absolute atomic E-state index is 13.4. The number of aryl methyl sites for hydroxylation is 2. The molecule has 18 N–H and O–H groups in total. The molecule has 25 heteroatoms. The summed E-state index contributed by atoms with van der Waals surface area (Å²) >= 11 is 5.84. The zero-order valence-corrected chi connectivity index (χ0v) is 39.3. The van der Waals surface area contributed by atoms with Crippen molar-refractivity contribution in [3.05, 3.63) is 70.5 Å². The van der Waals surface area contributed by atoms with Crippen LogP contribution in [-0.4, -0.2) is 225 Å². The quantitative estimate of drug-likeness (QED) is 0.0197. The molecule has 9 atom stereocenters. The van der Waals surface area contributed by atoms with Gasteiger partial charge in [-0.25, -0.2) is 14.8 Å². The van der Waals surface area contributed by atoms with Crippen molar-refractivity contribution in [1.82, 2.24) is 30.0 Å². The number of hydrogen-bond donors (Lipinski definition) is 15. The van der Waals surface area contributed by atoms with E-state index in [1.54, 1.807) is 0 Å². The number of nitrogens with two attached hydrogens (primary N) is 3. The Bertz CT molecular complexity index is 2130. The molecule has 0 bridgehead atoms. The predicted molar refractivity (Wildman–Crippen MR) is 256 cm³/mol. The Morgan fingerprint density at radius 3 is 1.80 bits per heavy atom. The van der Waals surface area contributed by atoms with Crippen LogP contribution in [0.5, 0.6) is 0 Å². The number of carboxylic acids is 1. The number of aliphatic hydroxyl groups is 10. The number of nitrogens with one attached hydrogen (secondary N) is 1. The number of rotatable bonds is 27. The molecule has 388 valence electrons. The van der Waals surface area contributed by atoms with Gasteiger partial charge in [0.1, 0.15) is 42.7 Å². The summed E-state index contributed by atoms with van der Waals surface area (Å²) < 4.78 is 0. The average molecular weight is 1010 g/mol. The number of hydrogen-bond acceptors (Lipinski definition) is 20. The monoisotopic (exact) mass is 1010 g/mol. The normalized spacial score (nSPS) is 18.1. The maximum atomic E-state index is 13.4. The fourth-order valence-electron chi connectivity index (χ4n) is 7.79. The Labute approximate surface area is 409 Å². The van der Waals surface area contributed by atoms with Gasteiger partial charge in [-0.15, -0.1) is 0 Å². The van der Waals surface area contributed by atoms with Crippen LogP contribution in [0, 0.1) is 0 Å². The fourth-order valence-corrected chi connectivity index (χ4v) is 7.91. The van der Waals surface area contributed by atoms with E-state index in [-0.39, 0.29) is 66.8 Å². The number of aliphatic hydroxyl groups excluding tert-OH is 10. The standard InChI is InChI=1S/C45H67ClN10O14/c46-40-42(48)52-41(47)35(51-40)43(68)53-45(49)50-15-2-1-4-25-5-10-27(11-6-25)28-12-7-26(8-13-28)9-14-34(63)56-19-18-54(20-29(56)44(69)70)16-3-17-55(21-30(59)36(64)38(66)32(61)23-57)22-31(60)37(65)39(67)33(62)24-58/h5-8,10-13,29-33,36-39,57-62,64-67H,1-4,9,14-24H2,(H,69,70)(H4,47,48,52)(H3,49,50,53,68)/t29-,30-,31-,32+,33+,36+,37+,38+,39+/m0/s1. The molecule has 3 aromatic rings. The lowest BCUT2D eigenvalue weighted by Crippen LogP contribution is -2.58. The average Bonchev–Trinajstić information content (AvgIpc) is 3.35. The summed E-state index contributed by atoms with van der Waals surface area (Å²) in [4.78, 5) is 54.6. The Morgan fingerprint density at radius 2 is 1.27 bits per heavy atom. The summed E-state index contributed by atoms with van der Waals surface area (Å²) in [6.45, 7) is -1.46. The number of unbranched alkanes of at least 4 members (excludes halogenated alkanes) is 1. The highest BCUT2D eigenvalue weighted by Gasteiger charge is 2.37. The SMILES string of the molecule is NC(=NCCCCc1ccc(-c2ccc(CCC(=O)N3CCN(CCCN(C[C@H](O)[C@@H](O)[C@H](O)[C@H](O)CO)C[C@H](O)[C@@H](O)[C@H](O)[C@H](O)CO)C[C@H]3C(=O)O)cc2)cc1)NC(=O)c1nc(Cl)c(N)nc1N. The van der Waals surface area contributed by atoms with Crippen molar-refractivity contribution < 1.29 is 70.6 Å². The van der Waals surface area contributed by atoms with Gasteiger partial charge in [0.15, 0.2) is 28.4 Å². The number of piperazine rings is 1. The molecule has 2 heterocycles. The number of carbonyl (C=O) groups excluding carboxylic acids is 2. The van der Waals surface area contributed by atoms with E-state index in [4.69, 9.17) is 39.0 Å². The van der Waals surface area contributed by atoms with E-state index in [0.717, 1.165) is 35.1 Å². The predicted octanol–water partition coefficient (Wildman–Crippen LogP) is -3.88. The van der Waals surface area contributed by atoms with Gasteiger partial charge in [0, 0.05) is 45.7 Å². The van der Waals surface area contributed by atoms with Gasteiger partial charge in [0.05, 0.1) is 25.4 Å². The van der Waals surface area contributed by atoms with Gasteiger partial charge in [-0.3, -0.25) is 29.7 Å². The molecule has 0 unspecified atom stereocenters. The topological polar surface area (TPSA) is 412 Å². The molecule has 0 saturated carbocycles. The second-order valence-corrected chi connectivity index (χ2v) is 17.5. The van der Waals surface area contributed by atoms with Crippen LogP contribution in [-0.2, 0) is 22.4 Å². The summed E-state index contributed by atoms with van der Waals surface area (Å²) in [6, 6.07) is 14.8. The molecular weight excluding hydrogens is 940 g/mol. The fraction of sp³-hybridized carbons (Fsp3) is 0.556. The maximum Gasteiger partial charge on any atom is 0.327 e. The van der Waals surface area contributed by atoms with E-state index in [1.807, 2.05) is 53.4 Å². The van der Waals surface area contributed by atoms with Crippen LogP contribution in [0.3, 0.4) is 0 Å². The molecule has 0 aliphatic carbocycles. The Kier molecular flexibility index (Phi) is 23.0. The Hall–Kier alpha value is -5.19. The van der Waals surface area contributed by atoms with Crippen LogP contribution in [0.25, 0.3) is 11.1 Å². The molecule has 1 saturated heterocycles. The third-order valence-electron chi connectivity index (χ3n) is 11.9. The Morgan fingerprint density at radius 1 is 0.743 bits per heavy atom. The van der Waals surface area contributed by atoms with Crippen molar-refractivity contribution in [3.8, 4) is 11.1 Å². The smallest absolute Gasteiger partial charge is 0.327 e. The molecule has 1 aliphatic heterocycles. The van der Waals surface area contributed by atoms with E-state index >= 15 is 0 Å². The number of halogens is 1. The van der Waals surface area contributed by atoms with Crippen molar-refractivity contribution in [2.45, 2.75) is 93.4 Å². The third-order valence-corrected chi connectivity index (χ3v) is 12.2. The van der Waals surface area contributed by atoms with Crippen molar-refractivity contribution in [2.24, 2.45) is 10.7 Å². The number of aliphatic carboxylic acids is 1. The van der Waals surface area contributed by atoms with Crippen LogP contribution in [0.1, 0.15) is 47.3 Å². The lowest BCUT2D eigenvalue weighted by molar-refractivity contribution is -0.153. The number of carbonyl (C=O) groups is 3. The summed E-state index contributed by atoms with van der Waals surface area (Å²) in [5, 5.41) is 112. The number of nitrogen functional groups attached to an aromatic ring is 2. The highest BCUT2D eigenvalue weighted by Crippen LogP contribution is 2.23. The first-order chi connectivity index (χ1) is 33.2. The number of guanidine groups is 1. The van der Waals surface area contributed by atoms with Crippen LogP contribution in [0.2, 0.25) is 5.15 Å². The highest BCUT2D eigenvalue weighted by molar-refractivity contribution is 6.31. The van der Waals surface area contributed by atoms with E-state index < -0.39 is 93.1 Å². The van der Waals surface area contributed by atoms with Crippen molar-refractivity contribution in [1.29, 1.82) is 0 Å². The summed E-state index contributed by atoms with van der Waals surface area (Å²) in [7, 11) is 0. The summed E-state index contributed by atoms with van der Waals surface area (Å²) in [5.74, 6) is -2.61. The molecule has 0 radical (unpaired) electrons. The molecule has 1 aliphatic rings. The minimum absolute atomic E-state index is 0.00866. The van der Waals surface area contributed by atoms with Gasteiger partial charge >= 0.3 is 5.97 Å². The van der Waals surface area contributed by atoms with E-state index in [9.17, 15) is 60.3 Å². The first-order valence-corrected chi connectivity index (χ1v) is 23.1. The number of anilines is 2. The molecular formula is C45H67ClN10O14. The molecule has 0 spiro atoms. The van der Waals surface area contributed by atoms with E-state index in [0.29, 0.717) is 32.5 Å². The summed E-state index contributed by atoms with van der Waals surface area (Å²) in [5.41, 5.74) is 20.9. The van der Waals surface area contributed by atoms with Gasteiger partial charge < -0.3 is 78.3 Å². The molecule has 2 aromatic carbocycles.